The molecule has 148 valence electrons. The van der Waals surface area contributed by atoms with Crippen molar-refractivity contribution in [1.82, 2.24) is 0 Å². The first kappa shape index (κ1) is 19.4. The van der Waals surface area contributed by atoms with Crippen molar-refractivity contribution >= 4 is 17.1 Å². The molecule has 0 amide bonds. The van der Waals surface area contributed by atoms with Crippen LogP contribution in [0.25, 0.3) is 0 Å². The van der Waals surface area contributed by atoms with E-state index in [0.717, 1.165) is 6.42 Å². The van der Waals surface area contributed by atoms with Crippen LogP contribution in [0.2, 0.25) is 0 Å². The molecule has 0 unspecified atom stereocenters. The number of hydrogen-bond donors (Lipinski definition) is 0. The molecule has 7 nitrogen and oxygen atoms in total. The van der Waals surface area contributed by atoms with Gasteiger partial charge >= 0.3 is 6.18 Å². The van der Waals surface area contributed by atoms with Crippen LogP contribution in [0.1, 0.15) is 45.6 Å². The van der Waals surface area contributed by atoms with E-state index in [-0.39, 0.29) is 22.6 Å². The van der Waals surface area contributed by atoms with Crippen LogP contribution in [-0.2, 0) is 6.18 Å². The number of benzene rings is 1. The van der Waals surface area contributed by atoms with Crippen LogP contribution in [0.3, 0.4) is 0 Å². The number of fused-ring (bicyclic) bond motifs is 2. The average molecular weight is 387 g/mol. The molecule has 0 aromatic heterocycles. The first-order valence-corrected chi connectivity index (χ1v) is 8.53. The van der Waals surface area contributed by atoms with Gasteiger partial charge in [0.2, 0.25) is 0 Å². The van der Waals surface area contributed by atoms with E-state index in [0.29, 0.717) is 31.5 Å². The normalized spacial score (nSPS) is 26.9. The lowest BCUT2D eigenvalue weighted by molar-refractivity contribution is -0.393. The van der Waals surface area contributed by atoms with Gasteiger partial charge in [-0.15, -0.1) is 0 Å². The van der Waals surface area contributed by atoms with E-state index in [1.807, 2.05) is 6.92 Å². The summed E-state index contributed by atoms with van der Waals surface area (Å²) in [7, 11) is 0. The van der Waals surface area contributed by atoms with E-state index in [1.165, 1.54) is 0 Å². The molecule has 1 heterocycles. The molecule has 2 aliphatic rings. The topological polar surface area (TPSA) is 89.5 Å². The van der Waals surface area contributed by atoms with Gasteiger partial charge < -0.3 is 4.90 Å². The average Bonchev–Trinajstić information content (AvgIpc) is 2.73. The summed E-state index contributed by atoms with van der Waals surface area (Å²) in [5.41, 5.74) is -3.70. The summed E-state index contributed by atoms with van der Waals surface area (Å²) in [6.45, 7) is 6.49. The molecule has 1 aromatic carbocycles. The zero-order chi connectivity index (χ0) is 20.4. The van der Waals surface area contributed by atoms with Crippen molar-refractivity contribution in [2.24, 2.45) is 10.8 Å². The molecule has 3 rings (SSSR count). The smallest absolute Gasteiger partial charge is 0.357 e. The lowest BCUT2D eigenvalue weighted by atomic mass is 9.65. The molecule has 2 fully saturated rings. The second-order valence-electron chi connectivity index (χ2n) is 8.72. The maximum Gasteiger partial charge on any atom is 0.416 e. The second kappa shape index (κ2) is 5.80. The summed E-state index contributed by atoms with van der Waals surface area (Å²) in [6.07, 6.45) is -2.71. The minimum Gasteiger partial charge on any atom is -0.357 e. The Labute approximate surface area is 153 Å². The SMILES string of the molecule is CC1(C)C[C@H]2C[C@](C)(CN2c2c([N+](=O)[O-])cc(C(F)(F)F)cc2[N+](=O)[O-])C1. The first-order valence-electron chi connectivity index (χ1n) is 8.53. The summed E-state index contributed by atoms with van der Waals surface area (Å²) in [5.74, 6) is 0. The van der Waals surface area contributed by atoms with Crippen molar-refractivity contribution < 1.29 is 23.0 Å². The van der Waals surface area contributed by atoms with E-state index in [2.05, 4.69) is 13.8 Å². The van der Waals surface area contributed by atoms with E-state index >= 15 is 0 Å². The Morgan fingerprint density at radius 2 is 1.59 bits per heavy atom. The number of anilines is 1. The highest BCUT2D eigenvalue weighted by Crippen LogP contribution is 2.56. The summed E-state index contributed by atoms with van der Waals surface area (Å²) < 4.78 is 39.3. The van der Waals surface area contributed by atoms with E-state index < -0.39 is 33.0 Å². The Kier molecular flexibility index (Phi) is 4.16. The molecule has 1 aliphatic heterocycles. The lowest BCUT2D eigenvalue weighted by Gasteiger charge is -2.39. The highest BCUT2D eigenvalue weighted by atomic mass is 19.4. The monoisotopic (exact) mass is 387 g/mol. The predicted molar refractivity (Wildman–Crippen MR) is 91.6 cm³/mol. The number of nitro groups is 2. The molecule has 1 aromatic rings. The van der Waals surface area contributed by atoms with Crippen molar-refractivity contribution in [3.63, 3.8) is 0 Å². The Morgan fingerprint density at radius 3 is 2.04 bits per heavy atom. The minimum atomic E-state index is -4.91. The molecular formula is C17H20F3N3O4. The third kappa shape index (κ3) is 3.44. The number of hydrogen-bond acceptors (Lipinski definition) is 5. The maximum absolute atomic E-state index is 13.1. The lowest BCUT2D eigenvalue weighted by Crippen LogP contribution is -2.35. The van der Waals surface area contributed by atoms with Crippen LogP contribution >= 0.6 is 0 Å². The van der Waals surface area contributed by atoms with Crippen molar-refractivity contribution in [2.75, 3.05) is 11.4 Å². The standard InChI is InChI=1S/C17H20F3N3O4/c1-15(2)6-11-7-16(3,8-15)9-21(11)14-12(22(24)25)4-10(17(18,19)20)5-13(14)23(26)27/h4-5,11H,6-9H2,1-3H3/t11-,16-/m0/s1. The molecule has 27 heavy (non-hydrogen) atoms. The quantitative estimate of drug-likeness (QED) is 0.542. The number of rotatable bonds is 3. The van der Waals surface area contributed by atoms with Gasteiger partial charge in [-0.3, -0.25) is 20.2 Å². The van der Waals surface area contributed by atoms with E-state index in [9.17, 15) is 33.4 Å². The molecule has 10 heteroatoms. The largest absolute Gasteiger partial charge is 0.416 e. The fourth-order valence-corrected chi connectivity index (χ4v) is 5.06. The van der Waals surface area contributed by atoms with Gasteiger partial charge in [0.15, 0.2) is 5.69 Å². The van der Waals surface area contributed by atoms with Gasteiger partial charge in [0.05, 0.1) is 15.4 Å². The Bertz CT molecular complexity index is 789. The summed E-state index contributed by atoms with van der Waals surface area (Å²) >= 11 is 0. The summed E-state index contributed by atoms with van der Waals surface area (Å²) in [4.78, 5) is 22.7. The fraction of sp³-hybridized carbons (Fsp3) is 0.647. The Hall–Kier alpha value is -2.39. The van der Waals surface area contributed by atoms with Gasteiger partial charge in [-0.05, 0) is 30.1 Å². The molecule has 1 saturated carbocycles. The van der Waals surface area contributed by atoms with Gasteiger partial charge in [0.25, 0.3) is 11.4 Å². The Balaban J connectivity index is 2.21. The minimum absolute atomic E-state index is 0.0537. The number of nitro benzene ring substituents is 2. The molecule has 2 atom stereocenters. The number of halogens is 3. The maximum atomic E-state index is 13.1. The van der Waals surface area contributed by atoms with Crippen molar-refractivity contribution in [1.29, 1.82) is 0 Å². The number of alkyl halides is 3. The van der Waals surface area contributed by atoms with Crippen LogP contribution in [0.5, 0.6) is 0 Å². The molecule has 1 saturated heterocycles. The van der Waals surface area contributed by atoms with Crippen LogP contribution in [0, 0.1) is 31.1 Å². The Morgan fingerprint density at radius 1 is 1.07 bits per heavy atom. The molecular weight excluding hydrogens is 367 g/mol. The zero-order valence-corrected chi connectivity index (χ0v) is 15.2. The van der Waals surface area contributed by atoms with Gasteiger partial charge in [0.1, 0.15) is 0 Å². The van der Waals surface area contributed by atoms with Crippen molar-refractivity contribution in [3.8, 4) is 0 Å². The predicted octanol–water partition coefficient (Wildman–Crippen LogP) is 4.93. The van der Waals surface area contributed by atoms with Gasteiger partial charge in [-0.1, -0.05) is 20.8 Å². The van der Waals surface area contributed by atoms with Crippen LogP contribution in [0.4, 0.5) is 30.2 Å². The third-order valence-electron chi connectivity index (χ3n) is 5.49. The summed E-state index contributed by atoms with van der Waals surface area (Å²) in [5, 5.41) is 23.0. The van der Waals surface area contributed by atoms with Gasteiger partial charge in [-0.2, -0.15) is 13.2 Å². The molecule has 0 N–H and O–H groups in total. The zero-order valence-electron chi connectivity index (χ0n) is 15.2. The summed E-state index contributed by atoms with van der Waals surface area (Å²) in [6, 6.07) is 0.615. The molecule has 1 aliphatic carbocycles. The fourth-order valence-electron chi connectivity index (χ4n) is 5.06. The highest BCUT2D eigenvalue weighted by Gasteiger charge is 2.52. The number of nitrogens with zero attached hydrogens (tertiary/aromatic N) is 3. The van der Waals surface area contributed by atoms with E-state index in [4.69, 9.17) is 0 Å². The second-order valence-corrected chi connectivity index (χ2v) is 8.72. The first-order chi connectivity index (χ1) is 12.2. The highest BCUT2D eigenvalue weighted by molar-refractivity contribution is 5.77. The van der Waals surface area contributed by atoms with Crippen LogP contribution < -0.4 is 4.90 Å². The molecule has 0 radical (unpaired) electrons. The van der Waals surface area contributed by atoms with Gasteiger partial charge in [0, 0.05) is 24.7 Å². The van der Waals surface area contributed by atoms with Crippen molar-refractivity contribution in [2.45, 2.75) is 52.3 Å². The van der Waals surface area contributed by atoms with Crippen molar-refractivity contribution in [3.05, 3.63) is 37.9 Å². The third-order valence-corrected chi connectivity index (χ3v) is 5.49. The van der Waals surface area contributed by atoms with Crippen LogP contribution in [0.15, 0.2) is 12.1 Å². The van der Waals surface area contributed by atoms with Gasteiger partial charge in [-0.25, -0.2) is 0 Å². The molecule has 0 spiro atoms. The van der Waals surface area contributed by atoms with Crippen LogP contribution in [-0.4, -0.2) is 22.4 Å². The molecule has 2 bridgehead atoms. The van der Waals surface area contributed by atoms with E-state index in [1.54, 1.807) is 4.90 Å².